The van der Waals surface area contributed by atoms with Gasteiger partial charge in [0, 0.05) is 29.0 Å². The summed E-state index contributed by atoms with van der Waals surface area (Å²) in [6.45, 7) is 0. The fourth-order valence-electron chi connectivity index (χ4n) is 7.48. The summed E-state index contributed by atoms with van der Waals surface area (Å²) >= 11 is 0. The highest BCUT2D eigenvalue weighted by Crippen LogP contribution is 2.53. The Kier molecular flexibility index (Phi) is 6.27. The normalized spacial score (nSPS) is 22.2. The van der Waals surface area contributed by atoms with Crippen LogP contribution in [0.15, 0.2) is 24.3 Å². The third kappa shape index (κ3) is 4.44. The molecular weight excluding hydrogens is 475 g/mol. The standard InChI is InChI=1S/C31H34F3NO2/c32-31(33,34)22-13-11-21(12-14-22)29(37)27-25(19-7-2-1-3-8-19)26-23(35-28(27)20-9-4-5-10-20)17-30(15-6-16-30)18-24(26)36/h11-14,19-20H,1-10,15-18H2. The number of benzene rings is 1. The Balaban J connectivity index is 1.54. The molecule has 4 aliphatic rings. The second-order valence-electron chi connectivity index (χ2n) is 12.0. The molecule has 0 N–H and O–H groups in total. The van der Waals surface area contributed by atoms with Crippen LogP contribution in [0.5, 0.6) is 0 Å². The summed E-state index contributed by atoms with van der Waals surface area (Å²) in [7, 11) is 0. The van der Waals surface area contributed by atoms with E-state index in [1.807, 2.05) is 0 Å². The zero-order valence-electron chi connectivity index (χ0n) is 21.3. The van der Waals surface area contributed by atoms with Crippen LogP contribution in [0.1, 0.15) is 144 Å². The van der Waals surface area contributed by atoms with Crippen molar-refractivity contribution in [3.8, 4) is 0 Å². The Bertz CT molecular complexity index is 1210. The van der Waals surface area contributed by atoms with Crippen molar-refractivity contribution in [3.63, 3.8) is 0 Å². The van der Waals surface area contributed by atoms with Crippen molar-refractivity contribution in [3.05, 3.63) is 63.5 Å². The Morgan fingerprint density at radius 3 is 2.05 bits per heavy atom. The number of hydrogen-bond acceptors (Lipinski definition) is 3. The van der Waals surface area contributed by atoms with Gasteiger partial charge in [-0.2, -0.15) is 13.2 Å². The molecule has 3 nitrogen and oxygen atoms in total. The number of carbonyl (C=O) groups is 2. The zero-order valence-corrected chi connectivity index (χ0v) is 21.3. The van der Waals surface area contributed by atoms with E-state index in [-0.39, 0.29) is 34.4 Å². The Labute approximate surface area is 216 Å². The molecule has 0 radical (unpaired) electrons. The molecule has 3 saturated carbocycles. The number of ketones is 2. The average Bonchev–Trinajstić information content (AvgIpc) is 3.41. The molecule has 6 heteroatoms. The Morgan fingerprint density at radius 1 is 0.838 bits per heavy atom. The molecular formula is C31H34F3NO2. The van der Waals surface area contributed by atoms with Crippen molar-refractivity contribution in [1.29, 1.82) is 0 Å². The van der Waals surface area contributed by atoms with Crippen molar-refractivity contribution in [2.75, 3.05) is 0 Å². The second-order valence-corrected chi connectivity index (χ2v) is 12.0. The number of Topliss-reactive ketones (excluding diaryl/α,β-unsaturated/α-hetero) is 1. The lowest BCUT2D eigenvalue weighted by atomic mass is 9.59. The van der Waals surface area contributed by atoms with Gasteiger partial charge in [0.1, 0.15) is 0 Å². The van der Waals surface area contributed by atoms with Crippen LogP contribution in [-0.2, 0) is 12.6 Å². The summed E-state index contributed by atoms with van der Waals surface area (Å²) < 4.78 is 39.6. The summed E-state index contributed by atoms with van der Waals surface area (Å²) in [6, 6.07) is 4.55. The Morgan fingerprint density at radius 2 is 1.46 bits per heavy atom. The van der Waals surface area contributed by atoms with E-state index in [2.05, 4.69) is 0 Å². The molecule has 0 amide bonds. The average molecular weight is 510 g/mol. The van der Waals surface area contributed by atoms with Crippen molar-refractivity contribution < 1.29 is 22.8 Å². The number of carbonyl (C=O) groups excluding carboxylic acids is 2. The first-order valence-corrected chi connectivity index (χ1v) is 14.1. The number of fused-ring (bicyclic) bond motifs is 1. The van der Waals surface area contributed by atoms with E-state index in [1.54, 1.807) is 0 Å². The third-order valence-electron chi connectivity index (χ3n) is 9.57. The molecule has 0 saturated heterocycles. The predicted octanol–water partition coefficient (Wildman–Crippen LogP) is 8.34. The van der Waals surface area contributed by atoms with E-state index < -0.39 is 11.7 Å². The van der Waals surface area contributed by atoms with Gasteiger partial charge in [-0.25, -0.2) is 0 Å². The first kappa shape index (κ1) is 24.8. The molecule has 0 unspecified atom stereocenters. The largest absolute Gasteiger partial charge is 0.416 e. The van der Waals surface area contributed by atoms with Gasteiger partial charge in [0.15, 0.2) is 11.6 Å². The number of pyridine rings is 1. The van der Waals surface area contributed by atoms with E-state index in [4.69, 9.17) is 4.98 Å². The number of rotatable bonds is 4. The van der Waals surface area contributed by atoms with Gasteiger partial charge in [0.25, 0.3) is 0 Å². The second kappa shape index (κ2) is 9.36. The maximum Gasteiger partial charge on any atom is 0.416 e. The minimum atomic E-state index is -4.46. The molecule has 1 aromatic heterocycles. The van der Waals surface area contributed by atoms with Crippen molar-refractivity contribution in [1.82, 2.24) is 4.98 Å². The van der Waals surface area contributed by atoms with Gasteiger partial charge >= 0.3 is 6.18 Å². The molecule has 196 valence electrons. The maximum absolute atomic E-state index is 14.2. The van der Waals surface area contributed by atoms with Gasteiger partial charge in [0.2, 0.25) is 0 Å². The fourth-order valence-corrected chi connectivity index (χ4v) is 7.48. The van der Waals surface area contributed by atoms with Crippen LogP contribution in [0.3, 0.4) is 0 Å². The molecule has 6 rings (SSSR count). The van der Waals surface area contributed by atoms with Crippen molar-refractivity contribution in [2.45, 2.75) is 108 Å². The summed E-state index contributed by atoms with van der Waals surface area (Å²) in [5.74, 6) is 0.130. The number of halogens is 3. The molecule has 0 aliphatic heterocycles. The topological polar surface area (TPSA) is 47.0 Å². The summed E-state index contributed by atoms with van der Waals surface area (Å²) in [5.41, 5.74) is 3.31. The lowest BCUT2D eigenvalue weighted by Gasteiger charge is -2.45. The van der Waals surface area contributed by atoms with Crippen LogP contribution in [0.2, 0.25) is 0 Å². The highest BCUT2D eigenvalue weighted by Gasteiger charge is 2.46. The highest BCUT2D eigenvalue weighted by molar-refractivity contribution is 6.13. The van der Waals surface area contributed by atoms with Gasteiger partial charge in [0.05, 0.1) is 17.0 Å². The minimum Gasteiger partial charge on any atom is -0.294 e. The molecule has 1 aromatic carbocycles. The van der Waals surface area contributed by atoms with Crippen LogP contribution in [0.25, 0.3) is 0 Å². The number of nitrogens with zero attached hydrogens (tertiary/aromatic N) is 1. The smallest absolute Gasteiger partial charge is 0.294 e. The molecule has 1 spiro atoms. The summed E-state index contributed by atoms with van der Waals surface area (Å²) in [6.07, 6.45) is 9.38. The zero-order chi connectivity index (χ0) is 25.8. The maximum atomic E-state index is 14.2. The first-order chi connectivity index (χ1) is 17.8. The van der Waals surface area contributed by atoms with Gasteiger partial charge < -0.3 is 0 Å². The lowest BCUT2D eigenvalue weighted by molar-refractivity contribution is -0.137. The highest BCUT2D eigenvalue weighted by atomic mass is 19.4. The van der Waals surface area contributed by atoms with Crippen LogP contribution in [0.4, 0.5) is 13.2 Å². The molecule has 0 bridgehead atoms. The monoisotopic (exact) mass is 509 g/mol. The van der Waals surface area contributed by atoms with Gasteiger partial charge in [-0.15, -0.1) is 0 Å². The van der Waals surface area contributed by atoms with Gasteiger partial charge in [-0.05, 0) is 74.0 Å². The van der Waals surface area contributed by atoms with E-state index in [0.29, 0.717) is 17.5 Å². The molecule has 0 atom stereocenters. The minimum absolute atomic E-state index is 0.0345. The Hall–Kier alpha value is -2.50. The quantitative estimate of drug-likeness (QED) is 0.389. The summed E-state index contributed by atoms with van der Waals surface area (Å²) in [5, 5.41) is 0. The van der Waals surface area contributed by atoms with Crippen LogP contribution < -0.4 is 0 Å². The number of aromatic nitrogens is 1. The van der Waals surface area contributed by atoms with Gasteiger partial charge in [-0.3, -0.25) is 14.6 Å². The third-order valence-corrected chi connectivity index (χ3v) is 9.57. The molecule has 4 aliphatic carbocycles. The predicted molar refractivity (Wildman–Crippen MR) is 135 cm³/mol. The SMILES string of the molecule is O=C1CC2(CCC2)Cc2nc(C3CCCC3)c(C(=O)c3ccc(C(F)(F)F)cc3)c(C3CCCCC3)c21. The molecule has 2 aromatic rings. The molecule has 1 heterocycles. The fraction of sp³-hybridized carbons (Fsp3) is 0.581. The van der Waals surface area contributed by atoms with E-state index in [0.717, 1.165) is 113 Å². The summed E-state index contributed by atoms with van der Waals surface area (Å²) in [4.78, 5) is 33.1. The van der Waals surface area contributed by atoms with Crippen molar-refractivity contribution in [2.24, 2.45) is 5.41 Å². The number of hydrogen-bond donors (Lipinski definition) is 0. The molecule has 3 fully saturated rings. The van der Waals surface area contributed by atoms with Crippen LogP contribution in [-0.4, -0.2) is 16.6 Å². The number of alkyl halides is 3. The van der Waals surface area contributed by atoms with E-state index in [1.165, 1.54) is 12.1 Å². The van der Waals surface area contributed by atoms with Gasteiger partial charge in [-0.1, -0.05) is 50.7 Å². The van der Waals surface area contributed by atoms with E-state index >= 15 is 0 Å². The van der Waals surface area contributed by atoms with Crippen molar-refractivity contribution >= 4 is 11.6 Å². The van der Waals surface area contributed by atoms with Crippen LogP contribution >= 0.6 is 0 Å². The first-order valence-electron chi connectivity index (χ1n) is 14.1. The lowest BCUT2D eigenvalue weighted by Crippen LogP contribution is -2.40. The van der Waals surface area contributed by atoms with Crippen LogP contribution in [0, 0.1) is 5.41 Å². The molecule has 37 heavy (non-hydrogen) atoms. The van der Waals surface area contributed by atoms with E-state index in [9.17, 15) is 22.8 Å².